The lowest BCUT2D eigenvalue weighted by Gasteiger charge is -2.32. The number of hydrogen-bond donors (Lipinski definition) is 1. The highest BCUT2D eigenvalue weighted by atomic mass is 16.4. The fourth-order valence-corrected chi connectivity index (χ4v) is 2.27. The number of carboxylic acid groups (broad SMARTS) is 1. The molecular formula is C14H21NO3. The van der Waals surface area contributed by atoms with E-state index in [1.807, 2.05) is 26.0 Å². The minimum Gasteiger partial charge on any atom is -0.481 e. The number of rotatable bonds is 5. The second-order valence-corrected chi connectivity index (χ2v) is 4.87. The highest BCUT2D eigenvalue weighted by Gasteiger charge is 2.36. The van der Waals surface area contributed by atoms with Crippen LogP contribution in [0.4, 0.5) is 0 Å². The van der Waals surface area contributed by atoms with E-state index in [4.69, 9.17) is 0 Å². The molecule has 0 aromatic heterocycles. The van der Waals surface area contributed by atoms with Crippen LogP contribution in [0.1, 0.15) is 26.7 Å². The molecule has 0 fully saturated rings. The zero-order chi connectivity index (χ0) is 13.7. The molecule has 1 aliphatic carbocycles. The summed E-state index contributed by atoms with van der Waals surface area (Å²) in [6.45, 7) is 7.95. The van der Waals surface area contributed by atoms with Crippen LogP contribution in [-0.2, 0) is 9.59 Å². The standard InChI is InChI=1S/C14H21NO3/c1-4-9-15(10(2)3)13(16)11-7-5-6-8-12(11)14(17)18/h4-6,10-12H,1,7-9H2,2-3H3,(H,17,18)/t11-,12+/m1/s1. The Labute approximate surface area is 108 Å². The summed E-state index contributed by atoms with van der Waals surface area (Å²) in [6.07, 6.45) is 6.36. The van der Waals surface area contributed by atoms with Crippen molar-refractivity contribution >= 4 is 11.9 Å². The molecule has 0 heterocycles. The minimum absolute atomic E-state index is 0.0517. The van der Waals surface area contributed by atoms with E-state index in [1.54, 1.807) is 11.0 Å². The summed E-state index contributed by atoms with van der Waals surface area (Å²) in [7, 11) is 0. The number of amides is 1. The predicted octanol–water partition coefficient (Wildman–Crippen LogP) is 2.08. The van der Waals surface area contributed by atoms with E-state index in [0.717, 1.165) is 0 Å². The van der Waals surface area contributed by atoms with Gasteiger partial charge in [0.05, 0.1) is 11.8 Å². The average molecular weight is 251 g/mol. The van der Waals surface area contributed by atoms with Gasteiger partial charge in [-0.05, 0) is 26.7 Å². The van der Waals surface area contributed by atoms with Crippen molar-refractivity contribution < 1.29 is 14.7 Å². The molecule has 18 heavy (non-hydrogen) atoms. The van der Waals surface area contributed by atoms with Gasteiger partial charge in [0.25, 0.3) is 0 Å². The van der Waals surface area contributed by atoms with Gasteiger partial charge in [0.2, 0.25) is 5.91 Å². The van der Waals surface area contributed by atoms with Crippen LogP contribution in [-0.4, -0.2) is 34.5 Å². The van der Waals surface area contributed by atoms with Gasteiger partial charge in [-0.25, -0.2) is 0 Å². The van der Waals surface area contributed by atoms with Gasteiger partial charge in [0.1, 0.15) is 0 Å². The molecule has 0 spiro atoms. The summed E-state index contributed by atoms with van der Waals surface area (Å²) >= 11 is 0. The van der Waals surface area contributed by atoms with E-state index in [1.165, 1.54) is 0 Å². The Kier molecular flexibility index (Phi) is 5.13. The highest BCUT2D eigenvalue weighted by molar-refractivity contribution is 5.85. The first kappa shape index (κ1) is 14.5. The summed E-state index contributed by atoms with van der Waals surface area (Å²) in [5.74, 6) is -2.02. The van der Waals surface area contributed by atoms with Gasteiger partial charge in [-0.3, -0.25) is 9.59 Å². The van der Waals surface area contributed by atoms with Crippen molar-refractivity contribution in [3.63, 3.8) is 0 Å². The summed E-state index contributed by atoms with van der Waals surface area (Å²) in [5, 5.41) is 9.18. The predicted molar refractivity (Wildman–Crippen MR) is 70.0 cm³/mol. The zero-order valence-corrected chi connectivity index (χ0v) is 11.0. The maximum Gasteiger partial charge on any atom is 0.307 e. The van der Waals surface area contributed by atoms with Crippen molar-refractivity contribution in [2.24, 2.45) is 11.8 Å². The average Bonchev–Trinajstić information content (AvgIpc) is 2.34. The third-order valence-electron chi connectivity index (χ3n) is 3.30. The summed E-state index contributed by atoms with van der Waals surface area (Å²) in [5.41, 5.74) is 0. The Bertz CT molecular complexity index is 360. The van der Waals surface area contributed by atoms with Crippen molar-refractivity contribution in [3.05, 3.63) is 24.8 Å². The molecule has 4 heteroatoms. The molecule has 0 unspecified atom stereocenters. The van der Waals surface area contributed by atoms with Crippen LogP contribution in [0.15, 0.2) is 24.8 Å². The second-order valence-electron chi connectivity index (χ2n) is 4.87. The molecule has 1 aliphatic rings. The molecule has 0 aromatic rings. The number of carbonyl (C=O) groups is 2. The van der Waals surface area contributed by atoms with E-state index in [-0.39, 0.29) is 11.9 Å². The third kappa shape index (κ3) is 3.22. The Morgan fingerprint density at radius 1 is 1.39 bits per heavy atom. The topological polar surface area (TPSA) is 57.6 Å². The number of carbonyl (C=O) groups excluding carboxylic acids is 1. The van der Waals surface area contributed by atoms with Crippen molar-refractivity contribution in [1.82, 2.24) is 4.90 Å². The van der Waals surface area contributed by atoms with Crippen LogP contribution < -0.4 is 0 Å². The minimum atomic E-state index is -0.889. The van der Waals surface area contributed by atoms with E-state index >= 15 is 0 Å². The molecular weight excluding hydrogens is 230 g/mol. The fraction of sp³-hybridized carbons (Fsp3) is 0.571. The quantitative estimate of drug-likeness (QED) is 0.761. The SMILES string of the molecule is C=CCN(C(=O)[C@@H]1CC=CC[C@@H]1C(=O)O)C(C)C. The Morgan fingerprint density at radius 3 is 2.39 bits per heavy atom. The van der Waals surface area contributed by atoms with Gasteiger partial charge < -0.3 is 10.0 Å². The molecule has 2 atom stereocenters. The molecule has 0 aliphatic heterocycles. The number of nitrogens with zero attached hydrogens (tertiary/aromatic N) is 1. The summed E-state index contributed by atoms with van der Waals surface area (Å²) in [4.78, 5) is 25.3. The molecule has 100 valence electrons. The number of carboxylic acids is 1. The number of hydrogen-bond acceptors (Lipinski definition) is 2. The van der Waals surface area contributed by atoms with Gasteiger partial charge >= 0.3 is 5.97 Å². The third-order valence-corrected chi connectivity index (χ3v) is 3.30. The zero-order valence-electron chi connectivity index (χ0n) is 11.0. The lowest BCUT2D eigenvalue weighted by atomic mass is 9.82. The summed E-state index contributed by atoms with van der Waals surface area (Å²) in [6, 6.07) is 0.0517. The van der Waals surface area contributed by atoms with Crippen LogP contribution in [0, 0.1) is 11.8 Å². The largest absolute Gasteiger partial charge is 0.481 e. The first-order chi connectivity index (χ1) is 8.49. The smallest absolute Gasteiger partial charge is 0.307 e. The van der Waals surface area contributed by atoms with E-state index in [0.29, 0.717) is 19.4 Å². The van der Waals surface area contributed by atoms with E-state index < -0.39 is 17.8 Å². The van der Waals surface area contributed by atoms with Crippen molar-refractivity contribution in [2.75, 3.05) is 6.54 Å². The molecule has 0 aromatic carbocycles. The molecule has 1 N–H and O–H groups in total. The van der Waals surface area contributed by atoms with Crippen LogP contribution in [0.3, 0.4) is 0 Å². The number of aliphatic carboxylic acids is 1. The Morgan fingerprint density at radius 2 is 1.94 bits per heavy atom. The Balaban J connectivity index is 2.88. The van der Waals surface area contributed by atoms with Crippen molar-refractivity contribution in [3.8, 4) is 0 Å². The number of allylic oxidation sites excluding steroid dienone is 2. The van der Waals surface area contributed by atoms with E-state index in [2.05, 4.69) is 6.58 Å². The van der Waals surface area contributed by atoms with E-state index in [9.17, 15) is 14.7 Å². The fourth-order valence-electron chi connectivity index (χ4n) is 2.27. The lowest BCUT2D eigenvalue weighted by Crippen LogP contribution is -2.45. The highest BCUT2D eigenvalue weighted by Crippen LogP contribution is 2.28. The van der Waals surface area contributed by atoms with Crippen molar-refractivity contribution in [2.45, 2.75) is 32.7 Å². The van der Waals surface area contributed by atoms with Gasteiger partial charge in [-0.2, -0.15) is 0 Å². The first-order valence-corrected chi connectivity index (χ1v) is 6.28. The molecule has 0 bridgehead atoms. The molecule has 0 saturated heterocycles. The van der Waals surface area contributed by atoms with Gasteiger partial charge in [-0.15, -0.1) is 6.58 Å². The Hall–Kier alpha value is -1.58. The monoisotopic (exact) mass is 251 g/mol. The van der Waals surface area contributed by atoms with Crippen molar-refractivity contribution in [1.29, 1.82) is 0 Å². The molecule has 1 amide bonds. The summed E-state index contributed by atoms with van der Waals surface area (Å²) < 4.78 is 0. The molecule has 4 nitrogen and oxygen atoms in total. The molecule has 1 rings (SSSR count). The maximum atomic E-state index is 12.4. The van der Waals surface area contributed by atoms with Gasteiger partial charge in [-0.1, -0.05) is 18.2 Å². The van der Waals surface area contributed by atoms with Gasteiger partial charge in [0, 0.05) is 12.6 Å². The van der Waals surface area contributed by atoms with Gasteiger partial charge in [0.15, 0.2) is 0 Å². The second kappa shape index (κ2) is 6.38. The van der Waals surface area contributed by atoms with Crippen LogP contribution >= 0.6 is 0 Å². The lowest BCUT2D eigenvalue weighted by molar-refractivity contribution is -0.151. The normalized spacial score (nSPS) is 22.8. The first-order valence-electron chi connectivity index (χ1n) is 6.28. The molecule has 0 radical (unpaired) electrons. The maximum absolute atomic E-state index is 12.4. The van der Waals surface area contributed by atoms with Crippen LogP contribution in [0.2, 0.25) is 0 Å². The van der Waals surface area contributed by atoms with Crippen LogP contribution in [0.25, 0.3) is 0 Å². The molecule has 0 saturated carbocycles. The van der Waals surface area contributed by atoms with Crippen LogP contribution in [0.5, 0.6) is 0 Å².